The Hall–Kier alpha value is -1.02. The van der Waals surface area contributed by atoms with E-state index >= 15 is 0 Å². The van der Waals surface area contributed by atoms with E-state index in [1.54, 1.807) is 0 Å². The highest BCUT2D eigenvalue weighted by molar-refractivity contribution is 9.10. The highest BCUT2D eigenvalue weighted by Gasteiger charge is 2.18. The molecule has 2 heteroatoms. The SMILES string of the molecule is C=CC(C)(C)n1cc(Br)c2ccccc21. The second-order valence-corrected chi connectivity index (χ2v) is 5.08. The van der Waals surface area contributed by atoms with Crippen LogP contribution in [0.25, 0.3) is 10.9 Å². The first-order valence-corrected chi connectivity index (χ1v) is 5.75. The van der Waals surface area contributed by atoms with Crippen molar-refractivity contribution in [2.24, 2.45) is 0 Å². The molecule has 0 radical (unpaired) electrons. The molecule has 0 spiro atoms. The Morgan fingerprint density at radius 3 is 2.67 bits per heavy atom. The zero-order chi connectivity index (χ0) is 11.1. The fraction of sp³-hybridized carbons (Fsp3) is 0.231. The lowest BCUT2D eigenvalue weighted by Crippen LogP contribution is -2.21. The van der Waals surface area contributed by atoms with Crippen molar-refractivity contribution in [3.63, 3.8) is 0 Å². The Morgan fingerprint density at radius 2 is 2.00 bits per heavy atom. The van der Waals surface area contributed by atoms with E-state index in [0.717, 1.165) is 4.47 Å². The molecule has 1 heterocycles. The molecule has 0 N–H and O–H groups in total. The average molecular weight is 264 g/mol. The lowest BCUT2D eigenvalue weighted by Gasteiger charge is -2.23. The second-order valence-electron chi connectivity index (χ2n) is 4.22. The molecule has 0 amide bonds. The number of hydrogen-bond donors (Lipinski definition) is 0. The second kappa shape index (κ2) is 3.53. The van der Waals surface area contributed by atoms with Crippen LogP contribution in [0.2, 0.25) is 0 Å². The molecule has 15 heavy (non-hydrogen) atoms. The van der Waals surface area contributed by atoms with Gasteiger partial charge < -0.3 is 4.57 Å². The Morgan fingerprint density at radius 1 is 1.33 bits per heavy atom. The number of benzene rings is 1. The summed E-state index contributed by atoms with van der Waals surface area (Å²) < 4.78 is 3.37. The molecule has 0 atom stereocenters. The van der Waals surface area contributed by atoms with E-state index in [2.05, 4.69) is 71.4 Å². The molecule has 0 aliphatic rings. The van der Waals surface area contributed by atoms with Gasteiger partial charge in [0.2, 0.25) is 0 Å². The Kier molecular flexibility index (Phi) is 2.47. The first kappa shape index (κ1) is 10.5. The molecular weight excluding hydrogens is 250 g/mol. The van der Waals surface area contributed by atoms with Crippen LogP contribution in [0.5, 0.6) is 0 Å². The maximum absolute atomic E-state index is 3.89. The lowest BCUT2D eigenvalue weighted by atomic mass is 10.1. The predicted molar refractivity (Wildman–Crippen MR) is 69.2 cm³/mol. The van der Waals surface area contributed by atoms with Gasteiger partial charge in [0, 0.05) is 21.6 Å². The van der Waals surface area contributed by atoms with Crippen LogP contribution in [0.4, 0.5) is 0 Å². The van der Waals surface area contributed by atoms with Crippen molar-refractivity contribution in [1.82, 2.24) is 4.57 Å². The van der Waals surface area contributed by atoms with E-state index in [9.17, 15) is 0 Å². The molecule has 2 rings (SSSR count). The molecule has 0 aliphatic heterocycles. The van der Waals surface area contributed by atoms with Gasteiger partial charge in [-0.2, -0.15) is 0 Å². The van der Waals surface area contributed by atoms with E-state index in [-0.39, 0.29) is 5.54 Å². The number of nitrogens with zero attached hydrogens (tertiary/aromatic N) is 1. The van der Waals surface area contributed by atoms with E-state index in [4.69, 9.17) is 0 Å². The van der Waals surface area contributed by atoms with Gasteiger partial charge in [0.1, 0.15) is 0 Å². The maximum Gasteiger partial charge on any atom is 0.0569 e. The van der Waals surface area contributed by atoms with Crippen LogP contribution < -0.4 is 0 Å². The minimum Gasteiger partial charge on any atom is -0.337 e. The minimum atomic E-state index is -0.0639. The molecule has 0 saturated heterocycles. The summed E-state index contributed by atoms with van der Waals surface area (Å²) in [5.41, 5.74) is 1.17. The number of aromatic nitrogens is 1. The summed E-state index contributed by atoms with van der Waals surface area (Å²) in [6, 6.07) is 8.36. The summed E-state index contributed by atoms with van der Waals surface area (Å²) in [6.07, 6.45) is 4.08. The quantitative estimate of drug-likeness (QED) is 0.712. The summed E-state index contributed by atoms with van der Waals surface area (Å²) in [6.45, 7) is 8.19. The van der Waals surface area contributed by atoms with Gasteiger partial charge in [-0.1, -0.05) is 24.3 Å². The van der Waals surface area contributed by atoms with Crippen LogP contribution in [0, 0.1) is 0 Å². The topological polar surface area (TPSA) is 4.93 Å². The van der Waals surface area contributed by atoms with Gasteiger partial charge in [-0.25, -0.2) is 0 Å². The zero-order valence-corrected chi connectivity index (χ0v) is 10.6. The van der Waals surface area contributed by atoms with Crippen LogP contribution in [0.1, 0.15) is 13.8 Å². The van der Waals surface area contributed by atoms with Crippen molar-refractivity contribution in [3.8, 4) is 0 Å². The summed E-state index contributed by atoms with van der Waals surface area (Å²) in [4.78, 5) is 0. The average Bonchev–Trinajstić information content (AvgIpc) is 2.58. The first-order chi connectivity index (χ1) is 7.06. The number of hydrogen-bond acceptors (Lipinski definition) is 0. The molecule has 0 bridgehead atoms. The summed E-state index contributed by atoms with van der Waals surface area (Å²) in [5.74, 6) is 0. The van der Waals surface area contributed by atoms with Gasteiger partial charge in [0.15, 0.2) is 0 Å². The Balaban J connectivity index is 2.78. The van der Waals surface area contributed by atoms with Gasteiger partial charge in [0.05, 0.1) is 5.54 Å². The van der Waals surface area contributed by atoms with Crippen molar-refractivity contribution < 1.29 is 0 Å². The zero-order valence-electron chi connectivity index (χ0n) is 9.00. The van der Waals surface area contributed by atoms with Gasteiger partial charge >= 0.3 is 0 Å². The first-order valence-electron chi connectivity index (χ1n) is 4.96. The smallest absolute Gasteiger partial charge is 0.0569 e. The molecule has 1 aromatic carbocycles. The van der Waals surface area contributed by atoms with Crippen molar-refractivity contribution in [2.45, 2.75) is 19.4 Å². The third-order valence-corrected chi connectivity index (χ3v) is 3.42. The fourth-order valence-electron chi connectivity index (χ4n) is 1.71. The number of rotatable bonds is 2. The maximum atomic E-state index is 3.89. The molecule has 1 aromatic heterocycles. The monoisotopic (exact) mass is 263 g/mol. The molecule has 0 fully saturated rings. The summed E-state index contributed by atoms with van der Waals surface area (Å²) in [5, 5.41) is 1.24. The van der Waals surface area contributed by atoms with Crippen molar-refractivity contribution in [3.05, 3.63) is 47.6 Å². The molecule has 0 saturated carbocycles. The molecule has 2 aromatic rings. The highest BCUT2D eigenvalue weighted by Crippen LogP contribution is 2.31. The van der Waals surface area contributed by atoms with Crippen LogP contribution >= 0.6 is 15.9 Å². The standard InChI is InChI=1S/C13H14BrN/c1-4-13(2,3)15-9-11(14)10-7-5-6-8-12(10)15/h4-9H,1H2,2-3H3. The van der Waals surface area contributed by atoms with Gasteiger partial charge in [0.25, 0.3) is 0 Å². The van der Waals surface area contributed by atoms with E-state index in [0.29, 0.717) is 0 Å². The Labute approximate surface area is 98.5 Å². The minimum absolute atomic E-state index is 0.0639. The normalized spacial score (nSPS) is 11.9. The largest absolute Gasteiger partial charge is 0.337 e. The third kappa shape index (κ3) is 1.63. The summed E-state index contributed by atoms with van der Waals surface area (Å²) in [7, 11) is 0. The van der Waals surface area contributed by atoms with Crippen LogP contribution in [0.15, 0.2) is 47.6 Å². The summed E-state index contributed by atoms with van der Waals surface area (Å²) >= 11 is 3.58. The van der Waals surface area contributed by atoms with Crippen LogP contribution in [-0.2, 0) is 5.54 Å². The fourth-order valence-corrected chi connectivity index (χ4v) is 2.25. The van der Waals surface area contributed by atoms with Gasteiger partial charge in [-0.05, 0) is 35.8 Å². The highest BCUT2D eigenvalue weighted by atomic mass is 79.9. The van der Waals surface area contributed by atoms with Crippen LogP contribution in [-0.4, -0.2) is 4.57 Å². The number of fused-ring (bicyclic) bond motifs is 1. The molecule has 0 aliphatic carbocycles. The number of halogens is 1. The van der Waals surface area contributed by atoms with Crippen molar-refractivity contribution in [1.29, 1.82) is 0 Å². The van der Waals surface area contributed by atoms with Crippen LogP contribution in [0.3, 0.4) is 0 Å². The van der Waals surface area contributed by atoms with E-state index in [1.165, 1.54) is 10.9 Å². The molecule has 78 valence electrons. The Bertz CT molecular complexity index is 508. The van der Waals surface area contributed by atoms with Crippen molar-refractivity contribution in [2.75, 3.05) is 0 Å². The number of allylic oxidation sites excluding steroid dienone is 1. The molecule has 0 unspecified atom stereocenters. The van der Waals surface area contributed by atoms with Gasteiger partial charge in [-0.3, -0.25) is 0 Å². The molecular formula is C13H14BrN. The predicted octanol–water partition coefficient (Wildman–Crippen LogP) is 4.32. The van der Waals surface area contributed by atoms with E-state index in [1.807, 2.05) is 6.08 Å². The number of para-hydroxylation sites is 1. The van der Waals surface area contributed by atoms with Gasteiger partial charge in [-0.15, -0.1) is 6.58 Å². The third-order valence-electron chi connectivity index (χ3n) is 2.78. The van der Waals surface area contributed by atoms with E-state index < -0.39 is 0 Å². The lowest BCUT2D eigenvalue weighted by molar-refractivity contribution is 0.471. The van der Waals surface area contributed by atoms with Crippen molar-refractivity contribution >= 4 is 26.8 Å². The molecule has 1 nitrogen and oxygen atoms in total.